The molecule has 0 aliphatic heterocycles. The molecule has 0 aliphatic rings. The molecule has 0 atom stereocenters. The molecule has 0 aromatic heterocycles. The van der Waals surface area contributed by atoms with Gasteiger partial charge in [0.15, 0.2) is 0 Å². The van der Waals surface area contributed by atoms with E-state index in [9.17, 15) is 0 Å². The Morgan fingerprint density at radius 2 is 0.676 bits per heavy atom. The Hall–Kier alpha value is -3.30. The second-order valence-corrected chi connectivity index (χ2v) is 12.4. The molecule has 0 saturated heterocycles. The van der Waals surface area contributed by atoms with Gasteiger partial charge in [-0.3, -0.25) is 0 Å². The number of benzene rings is 5. The normalized spacial score (nSPS) is 11.0. The fraction of sp³-hybridized carbons (Fsp3) is 0. The van der Waals surface area contributed by atoms with E-state index in [4.69, 9.17) is 0 Å². The van der Waals surface area contributed by atoms with Gasteiger partial charge in [0.05, 0.1) is 0 Å². The van der Waals surface area contributed by atoms with Crippen LogP contribution in [0.25, 0.3) is 6.08 Å². The summed E-state index contributed by atoms with van der Waals surface area (Å²) in [7, 11) is -1.37. The molecular weight excluding hydrogens is 446 g/mol. The van der Waals surface area contributed by atoms with Crippen LogP contribution in [0.15, 0.2) is 146 Å². The molecule has 5 aromatic rings. The molecule has 0 heterocycles. The summed E-state index contributed by atoms with van der Waals surface area (Å²) in [4.78, 5) is 0. The van der Waals surface area contributed by atoms with Crippen LogP contribution in [-0.2, 0) is 0 Å². The minimum atomic E-state index is -0.684. The first kappa shape index (κ1) is 22.5. The number of hydrogen-bond acceptors (Lipinski definition) is 0. The molecule has 0 nitrogen and oxygen atoms in total. The lowest BCUT2D eigenvalue weighted by Gasteiger charge is -2.24. The maximum atomic E-state index is 4.14. The Kier molecular flexibility index (Phi) is 7.11. The monoisotopic (exact) mass is 472 g/mol. The van der Waals surface area contributed by atoms with E-state index in [1.807, 2.05) is 6.08 Å². The molecule has 5 rings (SSSR count). The predicted molar refractivity (Wildman–Crippen MR) is 154 cm³/mol. The molecule has 0 spiro atoms. The average molecular weight is 473 g/mol. The third-order valence-corrected chi connectivity index (χ3v) is 10.5. The zero-order valence-electron chi connectivity index (χ0n) is 19.0. The zero-order chi connectivity index (χ0) is 23.2. The Morgan fingerprint density at radius 3 is 0.941 bits per heavy atom. The molecule has 5 aromatic carbocycles. The molecule has 34 heavy (non-hydrogen) atoms. The quantitative estimate of drug-likeness (QED) is 0.261. The van der Waals surface area contributed by atoms with Gasteiger partial charge in [-0.2, -0.15) is 0 Å². The smallest absolute Gasteiger partial charge is 0.0134 e. The van der Waals surface area contributed by atoms with Crippen LogP contribution in [-0.4, -0.2) is 0 Å². The van der Waals surface area contributed by atoms with Crippen LogP contribution in [0.2, 0.25) is 0 Å². The predicted octanol–water partition coefficient (Wildman–Crippen LogP) is 5.85. The summed E-state index contributed by atoms with van der Waals surface area (Å²) in [6, 6.07) is 50.7. The van der Waals surface area contributed by atoms with Crippen molar-refractivity contribution in [3.63, 3.8) is 0 Å². The maximum Gasteiger partial charge on any atom is -0.0134 e. The molecule has 164 valence electrons. The molecule has 0 radical (unpaired) electrons. The van der Waals surface area contributed by atoms with Crippen molar-refractivity contribution in [1.29, 1.82) is 0 Å². The van der Waals surface area contributed by atoms with Gasteiger partial charge in [0.2, 0.25) is 0 Å². The van der Waals surface area contributed by atoms with Crippen molar-refractivity contribution in [3.8, 4) is 0 Å². The van der Waals surface area contributed by atoms with Crippen LogP contribution >= 0.6 is 15.8 Å². The van der Waals surface area contributed by atoms with Crippen molar-refractivity contribution in [2.75, 3.05) is 0 Å². The minimum Gasteiger partial charge on any atom is -0.0985 e. The van der Waals surface area contributed by atoms with E-state index in [0.29, 0.717) is 0 Å². The number of rotatable bonds is 7. The van der Waals surface area contributed by atoms with Gasteiger partial charge in [-0.05, 0) is 71.4 Å². The van der Waals surface area contributed by atoms with E-state index in [1.54, 1.807) is 0 Å². The van der Waals surface area contributed by atoms with Crippen LogP contribution in [0.5, 0.6) is 0 Å². The third-order valence-electron chi connectivity index (χ3n) is 5.73. The zero-order valence-corrected chi connectivity index (χ0v) is 20.7. The largest absolute Gasteiger partial charge is 0.0985 e. The molecule has 0 saturated carbocycles. The van der Waals surface area contributed by atoms with E-state index >= 15 is 0 Å². The summed E-state index contributed by atoms with van der Waals surface area (Å²) < 4.78 is 0. The summed E-state index contributed by atoms with van der Waals surface area (Å²) in [6.07, 6.45) is 1.99. The first-order chi connectivity index (χ1) is 16.8. The van der Waals surface area contributed by atoms with Gasteiger partial charge < -0.3 is 0 Å². The van der Waals surface area contributed by atoms with E-state index in [2.05, 4.69) is 146 Å². The van der Waals surface area contributed by atoms with Gasteiger partial charge >= 0.3 is 0 Å². The fourth-order valence-electron chi connectivity index (χ4n) is 4.20. The van der Waals surface area contributed by atoms with Gasteiger partial charge in [0.25, 0.3) is 0 Å². The van der Waals surface area contributed by atoms with Crippen molar-refractivity contribution in [1.82, 2.24) is 0 Å². The van der Waals surface area contributed by atoms with E-state index in [1.165, 1.54) is 37.4 Å². The maximum absolute atomic E-state index is 4.14. The van der Waals surface area contributed by atoms with Crippen LogP contribution in [0, 0.1) is 0 Å². The highest BCUT2D eigenvalue weighted by Crippen LogP contribution is 2.37. The SMILES string of the molecule is C=Cc1cc(P(c2ccccc2)c2ccccc2)cc(P(c2ccccc2)c2ccccc2)c1. The van der Waals surface area contributed by atoms with Gasteiger partial charge in [-0.15, -0.1) is 0 Å². The minimum absolute atomic E-state index is 0.684. The standard InChI is InChI=1S/C32H26P2/c1-2-26-23-31(33(27-15-7-3-8-16-27)28-17-9-4-10-18-28)25-32(24-26)34(29-19-11-5-12-20-29)30-21-13-6-14-22-30/h2-25H,1H2. The van der Waals surface area contributed by atoms with Crippen molar-refractivity contribution in [2.45, 2.75) is 0 Å². The van der Waals surface area contributed by atoms with Crippen LogP contribution in [0.1, 0.15) is 5.56 Å². The van der Waals surface area contributed by atoms with Gasteiger partial charge in [0, 0.05) is 0 Å². The average Bonchev–Trinajstić information content (AvgIpc) is 2.91. The van der Waals surface area contributed by atoms with E-state index < -0.39 is 15.8 Å². The topological polar surface area (TPSA) is 0 Å². The first-order valence-corrected chi connectivity index (χ1v) is 14.1. The summed E-state index contributed by atoms with van der Waals surface area (Å²) in [5.74, 6) is 0. The summed E-state index contributed by atoms with van der Waals surface area (Å²) in [6.45, 7) is 4.14. The lowest BCUT2D eigenvalue weighted by molar-refractivity contribution is 1.72. The Balaban J connectivity index is 1.72. The summed E-state index contributed by atoms with van der Waals surface area (Å²) in [5, 5.41) is 8.16. The van der Waals surface area contributed by atoms with Crippen molar-refractivity contribution in [2.24, 2.45) is 0 Å². The molecule has 0 unspecified atom stereocenters. The second kappa shape index (κ2) is 10.8. The molecule has 0 aliphatic carbocycles. The van der Waals surface area contributed by atoms with Crippen LogP contribution in [0.4, 0.5) is 0 Å². The third kappa shape index (κ3) is 4.95. The molecule has 0 amide bonds. The summed E-state index contributed by atoms with van der Waals surface area (Å²) in [5.41, 5.74) is 1.17. The molecular formula is C32H26P2. The number of hydrogen-bond donors (Lipinski definition) is 0. The summed E-state index contributed by atoms with van der Waals surface area (Å²) >= 11 is 0. The Bertz CT molecular complexity index is 1170. The molecule has 0 fully saturated rings. The second-order valence-electron chi connectivity index (χ2n) is 8.00. The van der Waals surface area contributed by atoms with Crippen LogP contribution < -0.4 is 31.8 Å². The van der Waals surface area contributed by atoms with Crippen molar-refractivity contribution in [3.05, 3.63) is 152 Å². The first-order valence-electron chi connectivity index (χ1n) is 11.4. The molecule has 0 bridgehead atoms. The highest BCUT2D eigenvalue weighted by atomic mass is 31.1. The Morgan fingerprint density at radius 1 is 0.382 bits per heavy atom. The molecule has 2 heteroatoms. The van der Waals surface area contributed by atoms with E-state index in [0.717, 1.165) is 0 Å². The lowest BCUT2D eigenvalue weighted by atomic mass is 10.2. The molecule has 0 N–H and O–H groups in total. The van der Waals surface area contributed by atoms with Crippen molar-refractivity contribution >= 4 is 53.7 Å². The highest BCUT2D eigenvalue weighted by molar-refractivity contribution is 7.81. The van der Waals surface area contributed by atoms with Crippen molar-refractivity contribution < 1.29 is 0 Å². The fourth-order valence-corrected chi connectivity index (χ4v) is 9.06. The Labute approximate surface area is 205 Å². The lowest BCUT2D eigenvalue weighted by Crippen LogP contribution is -2.26. The van der Waals surface area contributed by atoms with Gasteiger partial charge in [-0.1, -0.05) is 134 Å². The van der Waals surface area contributed by atoms with E-state index in [-0.39, 0.29) is 0 Å². The van der Waals surface area contributed by atoms with Gasteiger partial charge in [-0.25, -0.2) is 0 Å². The van der Waals surface area contributed by atoms with Crippen LogP contribution in [0.3, 0.4) is 0 Å². The highest BCUT2D eigenvalue weighted by Gasteiger charge is 2.21. The van der Waals surface area contributed by atoms with Gasteiger partial charge in [0.1, 0.15) is 0 Å².